The van der Waals surface area contributed by atoms with Crippen molar-refractivity contribution in [3.8, 4) is 0 Å². The molecular weight excluding hydrogens is 274 g/mol. The Balaban J connectivity index is 1.86. The number of methoxy groups -OCH3 is 1. The third-order valence-corrected chi connectivity index (χ3v) is 3.82. The molecule has 2 rings (SSSR count). The van der Waals surface area contributed by atoms with E-state index < -0.39 is 17.7 Å². The molecule has 1 heterocycles. The van der Waals surface area contributed by atoms with Gasteiger partial charge in [0.15, 0.2) is 0 Å². The Labute approximate surface area is 125 Å². The Kier molecular flexibility index (Phi) is 4.76. The van der Waals surface area contributed by atoms with Crippen LogP contribution in [0.25, 0.3) is 0 Å². The average Bonchev–Trinajstić information content (AvgIpc) is 2.79. The van der Waals surface area contributed by atoms with Crippen molar-refractivity contribution in [3.63, 3.8) is 0 Å². The Morgan fingerprint density at radius 1 is 1.14 bits per heavy atom. The minimum absolute atomic E-state index is 0.0801. The molecule has 0 unspecified atom stereocenters. The van der Waals surface area contributed by atoms with Gasteiger partial charge < -0.3 is 14.2 Å². The summed E-state index contributed by atoms with van der Waals surface area (Å²) in [7, 11) is 1.66. The van der Waals surface area contributed by atoms with Crippen LogP contribution in [0.5, 0.6) is 0 Å². The number of esters is 1. The Bertz CT molecular complexity index is 397. The highest BCUT2D eigenvalue weighted by atomic mass is 16.6. The van der Waals surface area contributed by atoms with E-state index >= 15 is 0 Å². The fraction of sp³-hybridized carbons (Fsp3) is 0.867. The van der Waals surface area contributed by atoms with Crippen LogP contribution in [0.1, 0.15) is 46.5 Å². The van der Waals surface area contributed by atoms with Crippen molar-refractivity contribution >= 4 is 12.1 Å². The molecule has 1 aliphatic carbocycles. The van der Waals surface area contributed by atoms with Gasteiger partial charge in [0, 0.05) is 26.5 Å². The number of likely N-dealkylation sites (tertiary alicyclic amines) is 1. The highest BCUT2D eigenvalue weighted by Crippen LogP contribution is 2.28. The fourth-order valence-electron chi connectivity index (χ4n) is 2.60. The minimum atomic E-state index is -0.562. The van der Waals surface area contributed by atoms with Crippen LogP contribution < -0.4 is 0 Å². The van der Waals surface area contributed by atoms with Crippen LogP contribution in [0.2, 0.25) is 0 Å². The lowest BCUT2D eigenvalue weighted by Gasteiger charge is -2.35. The van der Waals surface area contributed by atoms with Gasteiger partial charge in [-0.2, -0.15) is 0 Å². The lowest BCUT2D eigenvalue weighted by Crippen LogP contribution is -2.46. The number of ether oxygens (including phenoxy) is 3. The van der Waals surface area contributed by atoms with Gasteiger partial charge in [-0.25, -0.2) is 9.59 Å². The second-order valence-corrected chi connectivity index (χ2v) is 6.72. The molecule has 1 amide bonds. The predicted octanol–water partition coefficient (Wildman–Crippen LogP) is 2.11. The van der Waals surface area contributed by atoms with Gasteiger partial charge in [0.05, 0.1) is 6.10 Å². The molecule has 0 bridgehead atoms. The van der Waals surface area contributed by atoms with Gasteiger partial charge in [0.1, 0.15) is 17.7 Å². The SMILES string of the molecule is COC1CC(OC(=O)[C@H]2CCCN2C(=O)OC(C)(C)C)C1. The van der Waals surface area contributed by atoms with Crippen LogP contribution in [0.4, 0.5) is 4.79 Å². The highest BCUT2D eigenvalue weighted by molar-refractivity contribution is 5.82. The summed E-state index contributed by atoms with van der Waals surface area (Å²) in [6.07, 6.45) is 2.58. The van der Waals surface area contributed by atoms with Crippen molar-refractivity contribution in [2.45, 2.75) is 70.3 Å². The first-order valence-corrected chi connectivity index (χ1v) is 7.53. The molecule has 0 aromatic rings. The molecule has 1 atom stereocenters. The van der Waals surface area contributed by atoms with Crippen molar-refractivity contribution in [2.75, 3.05) is 13.7 Å². The molecule has 6 nitrogen and oxygen atoms in total. The summed E-state index contributed by atoms with van der Waals surface area (Å²) in [6, 6.07) is -0.513. The van der Waals surface area contributed by atoms with E-state index in [1.165, 1.54) is 4.90 Å². The van der Waals surface area contributed by atoms with Gasteiger partial charge >= 0.3 is 12.1 Å². The molecule has 120 valence electrons. The molecule has 6 heteroatoms. The molecule has 1 aliphatic heterocycles. The van der Waals surface area contributed by atoms with Crippen molar-refractivity contribution in [1.82, 2.24) is 4.90 Å². The van der Waals surface area contributed by atoms with E-state index in [-0.39, 0.29) is 18.2 Å². The highest BCUT2D eigenvalue weighted by Gasteiger charge is 2.40. The summed E-state index contributed by atoms with van der Waals surface area (Å²) in [6.45, 7) is 5.98. The molecule has 0 aromatic carbocycles. The summed E-state index contributed by atoms with van der Waals surface area (Å²) >= 11 is 0. The van der Waals surface area contributed by atoms with Crippen molar-refractivity contribution in [2.24, 2.45) is 0 Å². The zero-order valence-corrected chi connectivity index (χ0v) is 13.3. The smallest absolute Gasteiger partial charge is 0.411 e. The molecule has 2 fully saturated rings. The minimum Gasteiger partial charge on any atom is -0.461 e. The van der Waals surface area contributed by atoms with Gasteiger partial charge in [-0.15, -0.1) is 0 Å². The van der Waals surface area contributed by atoms with Crippen molar-refractivity contribution in [1.29, 1.82) is 0 Å². The van der Waals surface area contributed by atoms with Crippen molar-refractivity contribution in [3.05, 3.63) is 0 Å². The van der Waals surface area contributed by atoms with E-state index in [4.69, 9.17) is 14.2 Å². The van der Waals surface area contributed by atoms with Crippen LogP contribution in [-0.4, -0.2) is 54.5 Å². The van der Waals surface area contributed by atoms with Crippen LogP contribution in [-0.2, 0) is 19.0 Å². The van der Waals surface area contributed by atoms with Gasteiger partial charge in [-0.05, 0) is 33.6 Å². The number of hydrogen-bond donors (Lipinski definition) is 0. The molecule has 21 heavy (non-hydrogen) atoms. The number of carbonyl (C=O) groups excluding carboxylic acids is 2. The average molecular weight is 299 g/mol. The zero-order valence-electron chi connectivity index (χ0n) is 13.3. The summed E-state index contributed by atoms with van der Waals surface area (Å²) in [5, 5.41) is 0. The number of rotatable bonds is 3. The largest absolute Gasteiger partial charge is 0.461 e. The lowest BCUT2D eigenvalue weighted by molar-refractivity contribution is -0.165. The number of carbonyl (C=O) groups is 2. The molecule has 2 aliphatic rings. The fourth-order valence-corrected chi connectivity index (χ4v) is 2.60. The number of amides is 1. The van der Waals surface area contributed by atoms with Gasteiger partial charge in [0.25, 0.3) is 0 Å². The maximum Gasteiger partial charge on any atom is 0.411 e. The molecular formula is C15H25NO5. The first kappa shape index (κ1) is 16.1. The van der Waals surface area contributed by atoms with E-state index in [0.29, 0.717) is 13.0 Å². The Morgan fingerprint density at radius 3 is 2.38 bits per heavy atom. The van der Waals surface area contributed by atoms with Gasteiger partial charge in [-0.3, -0.25) is 4.90 Å². The predicted molar refractivity (Wildman–Crippen MR) is 75.9 cm³/mol. The Morgan fingerprint density at radius 2 is 1.81 bits per heavy atom. The van der Waals surface area contributed by atoms with Crippen LogP contribution in [0.3, 0.4) is 0 Å². The molecule has 1 saturated heterocycles. The van der Waals surface area contributed by atoms with E-state index in [2.05, 4.69) is 0 Å². The molecule has 1 saturated carbocycles. The number of hydrogen-bond acceptors (Lipinski definition) is 5. The standard InChI is InChI=1S/C15H25NO5/c1-15(2,3)21-14(18)16-7-5-6-12(16)13(17)20-11-8-10(9-11)19-4/h10-12H,5-9H2,1-4H3/t10?,11?,12-/m1/s1. The topological polar surface area (TPSA) is 65.1 Å². The van der Waals surface area contributed by atoms with Gasteiger partial charge in [-0.1, -0.05) is 0 Å². The zero-order chi connectivity index (χ0) is 15.6. The van der Waals surface area contributed by atoms with Crippen molar-refractivity contribution < 1.29 is 23.8 Å². The molecule has 0 radical (unpaired) electrons. The number of nitrogens with zero attached hydrogens (tertiary/aromatic N) is 1. The third kappa shape index (κ3) is 4.09. The molecule has 0 spiro atoms. The maximum absolute atomic E-state index is 12.2. The van der Waals surface area contributed by atoms with E-state index in [1.54, 1.807) is 7.11 Å². The van der Waals surface area contributed by atoms with Gasteiger partial charge in [0.2, 0.25) is 0 Å². The summed E-state index contributed by atoms with van der Waals surface area (Å²) < 4.78 is 15.9. The van der Waals surface area contributed by atoms with E-state index in [1.807, 2.05) is 20.8 Å². The van der Waals surface area contributed by atoms with Crippen LogP contribution in [0.15, 0.2) is 0 Å². The second kappa shape index (κ2) is 6.22. The monoisotopic (exact) mass is 299 g/mol. The second-order valence-electron chi connectivity index (χ2n) is 6.72. The summed E-state index contributed by atoms with van der Waals surface area (Å²) in [5.74, 6) is -0.321. The first-order chi connectivity index (χ1) is 9.80. The summed E-state index contributed by atoms with van der Waals surface area (Å²) in [5.41, 5.74) is -0.562. The molecule has 0 aromatic heterocycles. The quantitative estimate of drug-likeness (QED) is 0.747. The Hall–Kier alpha value is -1.30. The lowest BCUT2D eigenvalue weighted by atomic mass is 9.92. The molecule has 0 N–H and O–H groups in total. The third-order valence-electron chi connectivity index (χ3n) is 3.82. The maximum atomic E-state index is 12.2. The normalized spacial score (nSPS) is 29.0. The van der Waals surface area contributed by atoms with E-state index in [9.17, 15) is 9.59 Å². The van der Waals surface area contributed by atoms with E-state index in [0.717, 1.165) is 19.3 Å². The van der Waals surface area contributed by atoms with Crippen LogP contribution in [0, 0.1) is 0 Å². The first-order valence-electron chi connectivity index (χ1n) is 7.53. The van der Waals surface area contributed by atoms with Crippen LogP contribution >= 0.6 is 0 Å². The summed E-state index contributed by atoms with van der Waals surface area (Å²) in [4.78, 5) is 25.8.